The Morgan fingerprint density at radius 2 is 0.836 bits per heavy atom. The van der Waals surface area contributed by atoms with Crippen molar-refractivity contribution in [1.29, 1.82) is 0 Å². The Labute approximate surface area is 318 Å². The Hall–Kier alpha value is -5.12. The zero-order valence-electron chi connectivity index (χ0n) is 29.6. The molecular weight excluding hydrogens is 773 g/mol. The zero-order valence-corrected chi connectivity index (χ0v) is 32.1. The molecule has 8 nitrogen and oxygen atoms in total. The average Bonchev–Trinajstić information content (AvgIpc) is 3.97. The molecule has 0 unspecified atom stereocenters. The van der Waals surface area contributed by atoms with Crippen molar-refractivity contribution in [2.24, 2.45) is 21.8 Å². The molecular formula is C40H28F4N4O4S3. The van der Waals surface area contributed by atoms with E-state index < -0.39 is 55.7 Å². The molecule has 0 N–H and O–H groups in total. The van der Waals surface area contributed by atoms with Gasteiger partial charge >= 0.3 is 0 Å². The lowest BCUT2D eigenvalue weighted by molar-refractivity contribution is 0.511. The van der Waals surface area contributed by atoms with Crippen LogP contribution in [0.3, 0.4) is 0 Å². The van der Waals surface area contributed by atoms with Crippen LogP contribution in [-0.2, 0) is 13.1 Å². The van der Waals surface area contributed by atoms with Crippen molar-refractivity contribution in [3.05, 3.63) is 111 Å². The van der Waals surface area contributed by atoms with Gasteiger partial charge in [-0.1, -0.05) is 27.7 Å². The third kappa shape index (κ3) is 5.41. The Bertz CT molecular complexity index is 3100. The zero-order chi connectivity index (χ0) is 38.8. The van der Waals surface area contributed by atoms with Crippen molar-refractivity contribution in [3.8, 4) is 0 Å². The number of halogens is 4. The van der Waals surface area contributed by atoms with Gasteiger partial charge in [0.2, 0.25) is 21.7 Å². The Balaban J connectivity index is 1.28. The summed E-state index contributed by atoms with van der Waals surface area (Å²) in [5.41, 5.74) is 0.825. The SMILES string of the molecule is CC(C)CCn1c2cc(N=c3c(=O)c4cc(F)c(F)cc4c3=O)sc2c2sc3c4sc(N=c5c(=O)c6cc(F)c(F)cc6c5=O)cc4n(CCC(C)C)c3c21. The van der Waals surface area contributed by atoms with E-state index in [0.717, 1.165) is 78.0 Å². The summed E-state index contributed by atoms with van der Waals surface area (Å²) in [5.74, 6) is -4.11. The molecule has 55 heavy (non-hydrogen) atoms. The highest BCUT2D eigenvalue weighted by molar-refractivity contribution is 7.35. The summed E-state index contributed by atoms with van der Waals surface area (Å²) in [6, 6.07) is 6.64. The van der Waals surface area contributed by atoms with Gasteiger partial charge in [-0.25, -0.2) is 27.5 Å². The lowest BCUT2D eigenvalue weighted by Crippen LogP contribution is -2.31. The molecule has 4 aromatic carbocycles. The van der Waals surface area contributed by atoms with Crippen LogP contribution < -0.4 is 32.4 Å². The van der Waals surface area contributed by atoms with Gasteiger partial charge in [-0.2, -0.15) is 0 Å². The van der Waals surface area contributed by atoms with Gasteiger partial charge in [0, 0.05) is 34.6 Å². The van der Waals surface area contributed by atoms with E-state index in [2.05, 4.69) is 46.8 Å². The average molecular weight is 801 g/mol. The molecule has 0 bridgehead atoms. The maximum atomic E-state index is 14.0. The number of aromatic nitrogens is 2. The van der Waals surface area contributed by atoms with E-state index >= 15 is 0 Å². The van der Waals surface area contributed by atoms with Gasteiger partial charge in [0.1, 0.15) is 10.0 Å². The number of hydrogen-bond donors (Lipinski definition) is 0. The minimum absolute atomic E-state index is 0.214. The number of rotatable bonds is 8. The minimum Gasteiger partial charge on any atom is -0.337 e. The molecule has 0 saturated heterocycles. The summed E-state index contributed by atoms with van der Waals surface area (Å²) >= 11 is 4.22. The number of nitrogens with zero attached hydrogens (tertiary/aromatic N) is 4. The summed E-state index contributed by atoms with van der Waals surface area (Å²) in [6.07, 6.45) is 1.72. The summed E-state index contributed by atoms with van der Waals surface area (Å²) in [5, 5.41) is -0.828. The number of aryl methyl sites for hydroxylation is 2. The van der Waals surface area contributed by atoms with Crippen LogP contribution in [0.25, 0.3) is 62.4 Å². The van der Waals surface area contributed by atoms with Crippen LogP contribution in [0.4, 0.5) is 27.6 Å². The van der Waals surface area contributed by atoms with E-state index in [1.54, 1.807) is 11.3 Å². The van der Waals surface area contributed by atoms with E-state index in [1.165, 1.54) is 22.7 Å². The molecule has 0 spiro atoms. The monoisotopic (exact) mass is 800 g/mol. The number of thiophene rings is 3. The molecule has 9 rings (SSSR count). The molecule has 0 radical (unpaired) electrons. The summed E-state index contributed by atoms with van der Waals surface area (Å²) in [7, 11) is 0. The molecule has 0 atom stereocenters. The molecule has 0 amide bonds. The van der Waals surface area contributed by atoms with Crippen molar-refractivity contribution < 1.29 is 17.6 Å². The first-order valence-corrected chi connectivity index (χ1v) is 20.0. The molecule has 0 aliphatic heterocycles. The highest BCUT2D eigenvalue weighted by Crippen LogP contribution is 2.51. The molecule has 0 aliphatic carbocycles. The quantitative estimate of drug-likeness (QED) is 0.144. The van der Waals surface area contributed by atoms with E-state index in [4.69, 9.17) is 0 Å². The third-order valence-electron chi connectivity index (χ3n) is 10.1. The minimum atomic E-state index is -1.22. The highest BCUT2D eigenvalue weighted by atomic mass is 32.1. The fourth-order valence-corrected chi connectivity index (χ4v) is 10.9. The first-order valence-electron chi connectivity index (χ1n) is 17.6. The van der Waals surface area contributed by atoms with Crippen molar-refractivity contribution in [3.63, 3.8) is 0 Å². The second-order valence-corrected chi connectivity index (χ2v) is 17.7. The van der Waals surface area contributed by atoms with Crippen molar-refractivity contribution in [1.82, 2.24) is 9.13 Å². The van der Waals surface area contributed by atoms with Crippen LogP contribution in [0.1, 0.15) is 40.5 Å². The van der Waals surface area contributed by atoms with Crippen LogP contribution in [0.5, 0.6) is 0 Å². The van der Waals surface area contributed by atoms with Crippen molar-refractivity contribution in [2.75, 3.05) is 0 Å². The van der Waals surface area contributed by atoms with Gasteiger partial charge < -0.3 is 9.13 Å². The first kappa shape index (κ1) is 35.6. The van der Waals surface area contributed by atoms with Gasteiger partial charge in [-0.05, 0) is 61.1 Å². The largest absolute Gasteiger partial charge is 0.337 e. The predicted molar refractivity (Wildman–Crippen MR) is 213 cm³/mol. The summed E-state index contributed by atoms with van der Waals surface area (Å²) in [6.45, 7) is 9.91. The fourth-order valence-electron chi connectivity index (χ4n) is 7.26. The second kappa shape index (κ2) is 12.7. The Kier molecular flexibility index (Phi) is 8.22. The number of benzene rings is 2. The summed E-state index contributed by atoms with van der Waals surface area (Å²) in [4.78, 5) is 61.5. The molecule has 278 valence electrons. The van der Waals surface area contributed by atoms with Crippen molar-refractivity contribution >= 4 is 106 Å². The van der Waals surface area contributed by atoms with Gasteiger partial charge in [-0.15, -0.1) is 34.0 Å². The van der Waals surface area contributed by atoms with E-state index in [-0.39, 0.29) is 21.5 Å². The van der Waals surface area contributed by atoms with E-state index in [9.17, 15) is 36.7 Å². The van der Waals surface area contributed by atoms with Crippen LogP contribution in [0, 0.1) is 35.1 Å². The van der Waals surface area contributed by atoms with E-state index in [0.29, 0.717) is 34.9 Å². The molecule has 0 fully saturated rings. The first-order chi connectivity index (χ1) is 26.2. The molecule has 9 aromatic rings. The normalized spacial score (nSPS) is 12.5. The Morgan fingerprint density at radius 3 is 1.15 bits per heavy atom. The number of fused-ring (bicyclic) bond motifs is 9. The van der Waals surface area contributed by atoms with Gasteiger partial charge in [-0.3, -0.25) is 19.2 Å². The molecule has 15 heteroatoms. The number of hydrogen-bond acceptors (Lipinski definition) is 9. The Morgan fingerprint density at radius 1 is 0.509 bits per heavy atom. The standard InChI is InChI=1S/C40H28F4N4O4S3/c1-15(2)5-7-47-25-13-27(45-29-33(49)17-9-21(41)22(42)10-18(17)34(29)50)53-37(25)39-31(47)32-40(55-39)38-26(48(32)8-6-16(3)4)14-28(54-38)46-30-35(51)19-11-23(43)24(44)12-20(19)36(30)52/h9-16H,5-8H2,1-4H3. The molecule has 5 aromatic heterocycles. The van der Waals surface area contributed by atoms with Crippen LogP contribution in [-0.4, -0.2) is 9.13 Å². The fraction of sp³-hybridized carbons (Fsp3) is 0.250. The smallest absolute Gasteiger partial charge is 0.216 e. The topological polar surface area (TPSA) is 103 Å². The predicted octanol–water partition coefficient (Wildman–Crippen LogP) is 8.70. The van der Waals surface area contributed by atoms with Crippen LogP contribution in [0.2, 0.25) is 0 Å². The lowest BCUT2D eigenvalue weighted by Gasteiger charge is -2.12. The molecule has 0 aliphatic rings. The third-order valence-corrected chi connectivity index (χ3v) is 13.6. The van der Waals surface area contributed by atoms with Gasteiger partial charge in [0.25, 0.3) is 0 Å². The maximum absolute atomic E-state index is 14.0. The molecule has 0 saturated carbocycles. The van der Waals surface area contributed by atoms with E-state index in [1.807, 2.05) is 12.1 Å². The van der Waals surface area contributed by atoms with Crippen LogP contribution >= 0.6 is 34.0 Å². The highest BCUT2D eigenvalue weighted by Gasteiger charge is 2.26. The van der Waals surface area contributed by atoms with Crippen LogP contribution in [0.15, 0.2) is 65.6 Å². The lowest BCUT2D eigenvalue weighted by atomic mass is 10.1. The van der Waals surface area contributed by atoms with Gasteiger partial charge in [0.05, 0.1) is 40.9 Å². The summed E-state index contributed by atoms with van der Waals surface area (Å²) < 4.78 is 64.2. The van der Waals surface area contributed by atoms with Gasteiger partial charge in [0.15, 0.2) is 34.0 Å². The second-order valence-electron chi connectivity index (χ2n) is 14.6. The van der Waals surface area contributed by atoms with Crippen molar-refractivity contribution in [2.45, 2.75) is 53.6 Å². The molecule has 5 heterocycles. The maximum Gasteiger partial charge on any atom is 0.216 e.